The van der Waals surface area contributed by atoms with E-state index in [2.05, 4.69) is 47.6 Å². The Morgan fingerprint density at radius 3 is 2.75 bits per heavy atom. The van der Waals surface area contributed by atoms with Crippen molar-refractivity contribution in [3.05, 3.63) is 29.3 Å². The molecule has 16 heavy (non-hydrogen) atoms. The molecular formula is C13H21N3. The quantitative estimate of drug-likeness (QED) is 0.808. The minimum atomic E-state index is 0.950. The number of hydrogen-bond acceptors (Lipinski definition) is 3. The number of benzene rings is 1. The average molecular weight is 219 g/mol. The fourth-order valence-corrected chi connectivity index (χ4v) is 2.01. The summed E-state index contributed by atoms with van der Waals surface area (Å²) in [7, 11) is 0. The molecule has 1 aromatic carbocycles. The van der Waals surface area contributed by atoms with Crippen molar-refractivity contribution in [1.29, 1.82) is 0 Å². The van der Waals surface area contributed by atoms with Crippen molar-refractivity contribution in [3.8, 4) is 0 Å². The number of nitrogens with zero attached hydrogens (tertiary/aromatic N) is 1. The summed E-state index contributed by atoms with van der Waals surface area (Å²) in [4.78, 5) is 2.44. The highest BCUT2D eigenvalue weighted by atomic mass is 15.3. The van der Waals surface area contributed by atoms with Gasteiger partial charge in [0.25, 0.3) is 0 Å². The summed E-state index contributed by atoms with van der Waals surface area (Å²) in [5.74, 6) is 0. The smallest absolute Gasteiger partial charge is 0.0679 e. The fourth-order valence-electron chi connectivity index (χ4n) is 2.01. The van der Waals surface area contributed by atoms with Gasteiger partial charge < -0.3 is 10.6 Å². The number of piperazine rings is 1. The van der Waals surface area contributed by atoms with Gasteiger partial charge in [-0.05, 0) is 31.0 Å². The van der Waals surface area contributed by atoms with Crippen LogP contribution in [0.5, 0.6) is 0 Å². The molecule has 0 saturated carbocycles. The van der Waals surface area contributed by atoms with E-state index in [0.717, 1.165) is 32.8 Å². The van der Waals surface area contributed by atoms with Crippen LogP contribution in [0, 0.1) is 13.8 Å². The van der Waals surface area contributed by atoms with Gasteiger partial charge in [0, 0.05) is 31.9 Å². The number of hydrogen-bond donors (Lipinski definition) is 2. The molecule has 88 valence electrons. The molecule has 3 nitrogen and oxygen atoms in total. The molecule has 1 aromatic rings. The van der Waals surface area contributed by atoms with Gasteiger partial charge in [0.1, 0.15) is 0 Å². The monoisotopic (exact) mass is 219 g/mol. The average Bonchev–Trinajstić information content (AvgIpc) is 2.32. The van der Waals surface area contributed by atoms with Crippen LogP contribution in [0.15, 0.2) is 18.2 Å². The lowest BCUT2D eigenvalue weighted by Gasteiger charge is -2.28. The Hall–Kier alpha value is -1.06. The summed E-state index contributed by atoms with van der Waals surface area (Å²) in [5.41, 5.74) is 3.97. The zero-order valence-corrected chi connectivity index (χ0v) is 10.2. The third kappa shape index (κ3) is 2.74. The maximum Gasteiger partial charge on any atom is 0.0679 e. The van der Waals surface area contributed by atoms with E-state index in [-0.39, 0.29) is 0 Å². The molecule has 0 spiro atoms. The van der Waals surface area contributed by atoms with Crippen molar-refractivity contribution >= 4 is 5.69 Å². The second-order valence-electron chi connectivity index (χ2n) is 4.45. The van der Waals surface area contributed by atoms with Crippen LogP contribution in [0.1, 0.15) is 11.1 Å². The standard InChI is InChI=1S/C13H21N3/c1-11-4-3-5-13(12(11)2)15-10-16-8-6-14-7-9-16/h3-5,14-15H,6-10H2,1-2H3. The van der Waals surface area contributed by atoms with Gasteiger partial charge in [-0.2, -0.15) is 0 Å². The van der Waals surface area contributed by atoms with E-state index < -0.39 is 0 Å². The first kappa shape index (κ1) is 11.4. The van der Waals surface area contributed by atoms with Gasteiger partial charge in [0.2, 0.25) is 0 Å². The van der Waals surface area contributed by atoms with E-state index >= 15 is 0 Å². The first-order valence-electron chi connectivity index (χ1n) is 6.00. The number of anilines is 1. The summed E-state index contributed by atoms with van der Waals surface area (Å²) >= 11 is 0. The molecule has 1 heterocycles. The first-order valence-corrected chi connectivity index (χ1v) is 6.00. The second-order valence-corrected chi connectivity index (χ2v) is 4.45. The van der Waals surface area contributed by atoms with Crippen LogP contribution in [-0.4, -0.2) is 37.7 Å². The molecule has 1 fully saturated rings. The van der Waals surface area contributed by atoms with Gasteiger partial charge in [-0.1, -0.05) is 12.1 Å². The topological polar surface area (TPSA) is 27.3 Å². The molecule has 2 rings (SSSR count). The van der Waals surface area contributed by atoms with Crippen molar-refractivity contribution in [2.45, 2.75) is 13.8 Å². The summed E-state index contributed by atoms with van der Waals surface area (Å²) in [6.07, 6.45) is 0. The van der Waals surface area contributed by atoms with E-state index in [9.17, 15) is 0 Å². The van der Waals surface area contributed by atoms with Crippen LogP contribution in [-0.2, 0) is 0 Å². The highest BCUT2D eigenvalue weighted by Gasteiger charge is 2.09. The summed E-state index contributed by atoms with van der Waals surface area (Å²) in [6, 6.07) is 6.43. The summed E-state index contributed by atoms with van der Waals surface area (Å²) in [6.45, 7) is 9.77. The Bertz CT molecular complexity index is 343. The molecule has 0 radical (unpaired) electrons. The minimum Gasteiger partial charge on any atom is -0.372 e. The molecule has 0 unspecified atom stereocenters. The van der Waals surface area contributed by atoms with Crippen molar-refractivity contribution in [3.63, 3.8) is 0 Å². The van der Waals surface area contributed by atoms with Crippen LogP contribution < -0.4 is 10.6 Å². The van der Waals surface area contributed by atoms with Gasteiger partial charge >= 0.3 is 0 Å². The first-order chi connectivity index (χ1) is 7.77. The van der Waals surface area contributed by atoms with E-state index in [1.54, 1.807) is 0 Å². The Morgan fingerprint density at radius 1 is 1.25 bits per heavy atom. The highest BCUT2D eigenvalue weighted by Crippen LogP contribution is 2.17. The molecule has 0 atom stereocenters. The number of aryl methyl sites for hydroxylation is 1. The normalized spacial score (nSPS) is 17.4. The number of rotatable bonds is 3. The molecule has 0 aromatic heterocycles. The molecule has 0 aliphatic carbocycles. The van der Waals surface area contributed by atoms with E-state index in [4.69, 9.17) is 0 Å². The lowest BCUT2D eigenvalue weighted by atomic mass is 10.1. The molecular weight excluding hydrogens is 198 g/mol. The van der Waals surface area contributed by atoms with Crippen LogP contribution in [0.25, 0.3) is 0 Å². The molecule has 0 bridgehead atoms. The van der Waals surface area contributed by atoms with Crippen LogP contribution >= 0.6 is 0 Å². The molecule has 1 aliphatic heterocycles. The predicted octanol–water partition coefficient (Wildman–Crippen LogP) is 1.58. The van der Waals surface area contributed by atoms with Gasteiger partial charge in [0.15, 0.2) is 0 Å². The molecule has 0 amide bonds. The van der Waals surface area contributed by atoms with E-state index in [1.165, 1.54) is 16.8 Å². The minimum absolute atomic E-state index is 0.950. The third-order valence-corrected chi connectivity index (χ3v) is 3.31. The lowest BCUT2D eigenvalue weighted by molar-refractivity contribution is 0.256. The predicted molar refractivity (Wildman–Crippen MR) is 68.8 cm³/mol. The third-order valence-electron chi connectivity index (χ3n) is 3.31. The summed E-state index contributed by atoms with van der Waals surface area (Å²) < 4.78 is 0. The lowest BCUT2D eigenvalue weighted by Crippen LogP contribution is -2.45. The zero-order chi connectivity index (χ0) is 11.4. The zero-order valence-electron chi connectivity index (χ0n) is 10.2. The molecule has 3 heteroatoms. The molecule has 2 N–H and O–H groups in total. The second kappa shape index (κ2) is 5.32. The van der Waals surface area contributed by atoms with Crippen LogP contribution in [0.4, 0.5) is 5.69 Å². The van der Waals surface area contributed by atoms with Crippen molar-refractivity contribution in [2.75, 3.05) is 38.2 Å². The van der Waals surface area contributed by atoms with Crippen molar-refractivity contribution in [1.82, 2.24) is 10.2 Å². The van der Waals surface area contributed by atoms with Crippen LogP contribution in [0.2, 0.25) is 0 Å². The van der Waals surface area contributed by atoms with E-state index in [0.29, 0.717) is 0 Å². The Morgan fingerprint density at radius 2 is 2.00 bits per heavy atom. The van der Waals surface area contributed by atoms with Gasteiger partial charge in [0.05, 0.1) is 6.67 Å². The van der Waals surface area contributed by atoms with Gasteiger partial charge in [-0.25, -0.2) is 0 Å². The molecule has 1 saturated heterocycles. The van der Waals surface area contributed by atoms with Gasteiger partial charge in [-0.3, -0.25) is 4.90 Å². The Balaban J connectivity index is 1.91. The van der Waals surface area contributed by atoms with Gasteiger partial charge in [-0.15, -0.1) is 0 Å². The Kier molecular flexibility index (Phi) is 3.80. The van der Waals surface area contributed by atoms with Crippen molar-refractivity contribution in [2.24, 2.45) is 0 Å². The summed E-state index contributed by atoms with van der Waals surface area (Å²) in [5, 5.41) is 6.89. The van der Waals surface area contributed by atoms with E-state index in [1.807, 2.05) is 0 Å². The Labute approximate surface area is 97.8 Å². The maximum atomic E-state index is 3.52. The van der Waals surface area contributed by atoms with Crippen molar-refractivity contribution < 1.29 is 0 Å². The number of nitrogens with one attached hydrogen (secondary N) is 2. The highest BCUT2D eigenvalue weighted by molar-refractivity contribution is 5.53. The maximum absolute atomic E-state index is 3.52. The van der Waals surface area contributed by atoms with Crippen LogP contribution in [0.3, 0.4) is 0 Å². The fraction of sp³-hybridized carbons (Fsp3) is 0.538. The molecule has 1 aliphatic rings. The largest absolute Gasteiger partial charge is 0.372 e. The SMILES string of the molecule is Cc1cccc(NCN2CCNCC2)c1C.